The summed E-state index contributed by atoms with van der Waals surface area (Å²) in [7, 11) is 0. The standard InChI is InChI=1S/C16H17BrFNO/c1-2-7-20-15-6-4-3-5-14(15)16(19)11-8-12(17)10-13(18)9-11/h3-6,8-10,16H,2,7,19H2,1H3. The Labute approximate surface area is 126 Å². The number of hydrogen-bond donors (Lipinski definition) is 1. The van der Waals surface area contributed by atoms with Gasteiger partial charge in [0, 0.05) is 10.0 Å². The molecule has 0 radical (unpaired) electrons. The Balaban J connectivity index is 2.34. The molecule has 0 saturated carbocycles. The molecule has 0 spiro atoms. The van der Waals surface area contributed by atoms with E-state index in [1.165, 1.54) is 12.1 Å². The van der Waals surface area contributed by atoms with E-state index in [1.54, 1.807) is 0 Å². The van der Waals surface area contributed by atoms with Crippen LogP contribution in [0.4, 0.5) is 4.39 Å². The van der Waals surface area contributed by atoms with Crippen LogP contribution in [0.5, 0.6) is 5.75 Å². The van der Waals surface area contributed by atoms with E-state index in [0.717, 1.165) is 17.7 Å². The van der Waals surface area contributed by atoms with Gasteiger partial charge in [0.1, 0.15) is 11.6 Å². The zero-order valence-corrected chi connectivity index (χ0v) is 12.9. The first kappa shape index (κ1) is 15.0. The summed E-state index contributed by atoms with van der Waals surface area (Å²) in [6.07, 6.45) is 0.926. The van der Waals surface area contributed by atoms with Crippen molar-refractivity contribution in [1.29, 1.82) is 0 Å². The first-order valence-electron chi connectivity index (χ1n) is 6.55. The summed E-state index contributed by atoms with van der Waals surface area (Å²) >= 11 is 3.29. The number of ether oxygens (including phenoxy) is 1. The largest absolute Gasteiger partial charge is 0.493 e. The number of benzene rings is 2. The molecule has 2 nitrogen and oxygen atoms in total. The Morgan fingerprint density at radius 1 is 1.25 bits per heavy atom. The molecule has 0 aliphatic heterocycles. The van der Waals surface area contributed by atoms with Crippen LogP contribution in [0, 0.1) is 5.82 Å². The third kappa shape index (κ3) is 3.58. The zero-order valence-electron chi connectivity index (χ0n) is 11.3. The Morgan fingerprint density at radius 3 is 2.70 bits per heavy atom. The van der Waals surface area contributed by atoms with Crippen molar-refractivity contribution in [2.45, 2.75) is 19.4 Å². The molecular weight excluding hydrogens is 321 g/mol. The van der Waals surface area contributed by atoms with Crippen LogP contribution < -0.4 is 10.5 Å². The molecule has 1 atom stereocenters. The lowest BCUT2D eigenvalue weighted by molar-refractivity contribution is 0.313. The first-order valence-corrected chi connectivity index (χ1v) is 7.34. The van der Waals surface area contributed by atoms with E-state index in [0.29, 0.717) is 16.6 Å². The predicted molar refractivity (Wildman–Crippen MR) is 82.4 cm³/mol. The van der Waals surface area contributed by atoms with Gasteiger partial charge in [0.25, 0.3) is 0 Å². The second kappa shape index (κ2) is 6.86. The summed E-state index contributed by atoms with van der Waals surface area (Å²) in [4.78, 5) is 0. The van der Waals surface area contributed by atoms with Crippen molar-refractivity contribution >= 4 is 15.9 Å². The van der Waals surface area contributed by atoms with Crippen molar-refractivity contribution < 1.29 is 9.13 Å². The number of para-hydroxylation sites is 1. The Morgan fingerprint density at radius 2 is 2.00 bits per heavy atom. The van der Waals surface area contributed by atoms with Gasteiger partial charge in [-0.25, -0.2) is 4.39 Å². The first-order chi connectivity index (χ1) is 9.61. The van der Waals surface area contributed by atoms with Gasteiger partial charge in [-0.15, -0.1) is 0 Å². The molecule has 0 bridgehead atoms. The maximum Gasteiger partial charge on any atom is 0.124 e. The third-order valence-corrected chi connectivity index (χ3v) is 3.42. The molecule has 1 unspecified atom stereocenters. The van der Waals surface area contributed by atoms with Crippen LogP contribution in [-0.4, -0.2) is 6.61 Å². The molecule has 0 amide bonds. The molecule has 0 aliphatic rings. The van der Waals surface area contributed by atoms with E-state index in [4.69, 9.17) is 10.5 Å². The molecule has 0 saturated heterocycles. The van der Waals surface area contributed by atoms with Crippen molar-refractivity contribution in [3.63, 3.8) is 0 Å². The Kier molecular flexibility index (Phi) is 5.15. The van der Waals surface area contributed by atoms with Crippen molar-refractivity contribution in [3.05, 3.63) is 63.9 Å². The van der Waals surface area contributed by atoms with Gasteiger partial charge in [0.2, 0.25) is 0 Å². The van der Waals surface area contributed by atoms with Gasteiger partial charge in [-0.1, -0.05) is 41.1 Å². The average molecular weight is 338 g/mol. The minimum atomic E-state index is -0.421. The van der Waals surface area contributed by atoms with Gasteiger partial charge in [-0.3, -0.25) is 0 Å². The summed E-state index contributed by atoms with van der Waals surface area (Å²) in [6.45, 7) is 2.68. The molecule has 0 fully saturated rings. The fourth-order valence-corrected chi connectivity index (χ4v) is 2.50. The van der Waals surface area contributed by atoms with E-state index in [1.807, 2.05) is 37.3 Å². The number of nitrogens with two attached hydrogens (primary N) is 1. The lowest BCUT2D eigenvalue weighted by atomic mass is 9.99. The fraction of sp³-hybridized carbons (Fsp3) is 0.250. The summed E-state index contributed by atoms with van der Waals surface area (Å²) in [5.74, 6) is 0.444. The second-order valence-electron chi connectivity index (χ2n) is 4.57. The molecule has 0 aliphatic carbocycles. The van der Waals surface area contributed by atoms with Gasteiger partial charge in [-0.05, 0) is 36.2 Å². The van der Waals surface area contributed by atoms with E-state index < -0.39 is 6.04 Å². The van der Waals surface area contributed by atoms with Gasteiger partial charge in [0.05, 0.1) is 12.6 Å². The highest BCUT2D eigenvalue weighted by Gasteiger charge is 2.15. The number of hydrogen-bond acceptors (Lipinski definition) is 2. The molecule has 0 aromatic heterocycles. The lowest BCUT2D eigenvalue weighted by Crippen LogP contribution is -2.14. The monoisotopic (exact) mass is 337 g/mol. The van der Waals surface area contributed by atoms with Crippen LogP contribution in [0.15, 0.2) is 46.9 Å². The van der Waals surface area contributed by atoms with Gasteiger partial charge >= 0.3 is 0 Å². The highest BCUT2D eigenvalue weighted by molar-refractivity contribution is 9.10. The highest BCUT2D eigenvalue weighted by Crippen LogP contribution is 2.30. The maximum absolute atomic E-state index is 13.5. The summed E-state index contributed by atoms with van der Waals surface area (Å²) in [5.41, 5.74) is 7.83. The highest BCUT2D eigenvalue weighted by atomic mass is 79.9. The molecule has 20 heavy (non-hydrogen) atoms. The van der Waals surface area contributed by atoms with E-state index in [-0.39, 0.29) is 5.82 Å². The summed E-state index contributed by atoms with van der Waals surface area (Å²) < 4.78 is 19.9. The van der Waals surface area contributed by atoms with Crippen LogP contribution in [0.3, 0.4) is 0 Å². The van der Waals surface area contributed by atoms with Gasteiger partial charge in [0.15, 0.2) is 0 Å². The SMILES string of the molecule is CCCOc1ccccc1C(N)c1cc(F)cc(Br)c1. The maximum atomic E-state index is 13.5. The number of halogens is 2. The lowest BCUT2D eigenvalue weighted by Gasteiger charge is -2.17. The summed E-state index contributed by atoms with van der Waals surface area (Å²) in [5, 5.41) is 0. The van der Waals surface area contributed by atoms with Crippen LogP contribution in [0.2, 0.25) is 0 Å². The van der Waals surface area contributed by atoms with E-state index in [9.17, 15) is 4.39 Å². The second-order valence-corrected chi connectivity index (χ2v) is 5.48. The minimum Gasteiger partial charge on any atom is -0.493 e. The quantitative estimate of drug-likeness (QED) is 0.876. The van der Waals surface area contributed by atoms with Gasteiger partial charge in [-0.2, -0.15) is 0 Å². The van der Waals surface area contributed by atoms with E-state index >= 15 is 0 Å². The topological polar surface area (TPSA) is 35.2 Å². The number of rotatable bonds is 5. The van der Waals surface area contributed by atoms with Gasteiger partial charge < -0.3 is 10.5 Å². The molecule has 2 rings (SSSR count). The van der Waals surface area contributed by atoms with Crippen molar-refractivity contribution in [3.8, 4) is 5.75 Å². The van der Waals surface area contributed by atoms with Crippen molar-refractivity contribution in [2.24, 2.45) is 5.73 Å². The average Bonchev–Trinajstić information content (AvgIpc) is 2.43. The van der Waals surface area contributed by atoms with Crippen molar-refractivity contribution in [1.82, 2.24) is 0 Å². The van der Waals surface area contributed by atoms with Crippen LogP contribution >= 0.6 is 15.9 Å². The van der Waals surface area contributed by atoms with Crippen LogP contribution in [0.1, 0.15) is 30.5 Å². The predicted octanol–water partition coefficient (Wildman–Crippen LogP) is 4.43. The van der Waals surface area contributed by atoms with Crippen molar-refractivity contribution in [2.75, 3.05) is 6.61 Å². The summed E-state index contributed by atoms with van der Waals surface area (Å²) in [6, 6.07) is 11.9. The smallest absolute Gasteiger partial charge is 0.124 e. The molecule has 2 aromatic carbocycles. The molecule has 0 heterocycles. The molecule has 4 heteroatoms. The van der Waals surface area contributed by atoms with Crippen LogP contribution in [-0.2, 0) is 0 Å². The minimum absolute atomic E-state index is 0.309. The molecule has 106 valence electrons. The Bertz CT molecular complexity index is 568. The molecular formula is C16H17BrFNO. The Hall–Kier alpha value is -1.39. The normalized spacial score (nSPS) is 12.2. The zero-order chi connectivity index (χ0) is 14.5. The molecule has 2 aromatic rings. The van der Waals surface area contributed by atoms with Crippen LogP contribution in [0.25, 0.3) is 0 Å². The third-order valence-electron chi connectivity index (χ3n) is 2.96. The fourth-order valence-electron chi connectivity index (χ4n) is 2.02. The van der Waals surface area contributed by atoms with E-state index in [2.05, 4.69) is 15.9 Å². The molecule has 2 N–H and O–H groups in total.